The highest BCUT2D eigenvalue weighted by molar-refractivity contribution is 5.68. The Hall–Kier alpha value is -1.70. The van der Waals surface area contributed by atoms with E-state index >= 15 is 0 Å². The molecule has 5 nitrogen and oxygen atoms in total. The summed E-state index contributed by atoms with van der Waals surface area (Å²) in [6.45, 7) is -2.37. The predicted octanol–water partition coefficient (Wildman–Crippen LogP) is 4.28. The highest BCUT2D eigenvalue weighted by Gasteiger charge is 2.80. The highest BCUT2D eigenvalue weighted by Crippen LogP contribution is 2.52. The molecule has 0 heterocycles. The van der Waals surface area contributed by atoms with E-state index in [1.54, 1.807) is 4.74 Å². The van der Waals surface area contributed by atoms with Gasteiger partial charge in [0.25, 0.3) is 0 Å². The van der Waals surface area contributed by atoms with Gasteiger partial charge in [0.15, 0.2) is 6.61 Å². The Morgan fingerprint density at radius 1 is 0.586 bits per heavy atom. The molecule has 0 amide bonds. The fourth-order valence-corrected chi connectivity index (χ4v) is 0.966. The van der Waals surface area contributed by atoms with E-state index in [0.717, 1.165) is 0 Å². The van der Waals surface area contributed by atoms with Crippen molar-refractivity contribution in [1.82, 2.24) is 0 Å². The van der Waals surface area contributed by atoms with Crippen LogP contribution in [0, 0.1) is 0 Å². The molecular weight excluding hydrogens is 473 g/mol. The lowest BCUT2D eigenvalue weighted by Gasteiger charge is -2.35. The number of halogens is 15. The largest absolute Gasteiger partial charge is 0.480 e. The summed E-state index contributed by atoms with van der Waals surface area (Å²) in [4.78, 5) is 9.87. The number of aliphatic carboxylic acids is 1. The van der Waals surface area contributed by atoms with Gasteiger partial charge in [0.2, 0.25) is 0 Å². The van der Waals surface area contributed by atoms with Crippen molar-refractivity contribution in [3.63, 3.8) is 0 Å². The number of hydrogen-bond acceptors (Lipinski definition) is 4. The van der Waals surface area contributed by atoms with E-state index in [0.29, 0.717) is 0 Å². The Kier molecular flexibility index (Phi) is 7.08. The molecule has 0 saturated carbocycles. The summed E-state index contributed by atoms with van der Waals surface area (Å²) in [5, 5.41) is 7.90. The van der Waals surface area contributed by atoms with Crippen LogP contribution in [0.25, 0.3) is 0 Å². The lowest BCUT2D eigenvalue weighted by Crippen LogP contribution is -2.61. The Bertz CT molecular complexity index is 597. The topological polar surface area (TPSA) is 65.0 Å². The monoisotopic (exact) mass is 476 g/mol. The highest BCUT2D eigenvalue weighted by atomic mass is 19.4. The normalized spacial score (nSPS) is 15.6. The molecule has 1 N–H and O–H groups in total. The second-order valence-corrected chi connectivity index (χ2v) is 4.54. The summed E-state index contributed by atoms with van der Waals surface area (Å²) >= 11 is 0. The Balaban J connectivity index is 5.74. The molecule has 0 aromatic rings. The van der Waals surface area contributed by atoms with Crippen LogP contribution in [0.3, 0.4) is 0 Å². The van der Waals surface area contributed by atoms with Crippen molar-refractivity contribution >= 4 is 5.97 Å². The maximum Gasteiger partial charge on any atom is 0.462 e. The van der Waals surface area contributed by atoms with Gasteiger partial charge in [-0.05, 0) is 0 Å². The minimum absolute atomic E-state index is 1.31. The van der Waals surface area contributed by atoms with Crippen molar-refractivity contribution in [2.45, 2.75) is 42.6 Å². The summed E-state index contributed by atoms with van der Waals surface area (Å²) < 4.78 is 193. The third-order valence-electron chi connectivity index (χ3n) is 2.29. The molecule has 0 aromatic carbocycles. The minimum Gasteiger partial charge on any atom is -0.480 e. The summed E-state index contributed by atoms with van der Waals surface area (Å²) in [5.41, 5.74) is 0. The molecule has 29 heavy (non-hydrogen) atoms. The molecular formula is C9H3F15O5. The van der Waals surface area contributed by atoms with E-state index in [-0.39, 0.29) is 0 Å². The van der Waals surface area contributed by atoms with Crippen LogP contribution in [-0.4, -0.2) is 60.3 Å². The van der Waals surface area contributed by atoms with Crippen LogP contribution in [0.5, 0.6) is 0 Å². The lowest BCUT2D eigenvalue weighted by atomic mass is 10.3. The Morgan fingerprint density at radius 3 is 1.21 bits per heavy atom. The molecule has 0 atom stereocenters. The maximum atomic E-state index is 12.9. The second kappa shape index (κ2) is 7.52. The zero-order chi connectivity index (χ0) is 23.9. The van der Waals surface area contributed by atoms with E-state index in [9.17, 15) is 70.7 Å². The van der Waals surface area contributed by atoms with Crippen molar-refractivity contribution in [1.29, 1.82) is 0 Å². The van der Waals surface area contributed by atoms with E-state index < -0.39 is 55.2 Å². The Labute approximate surface area is 146 Å². The first kappa shape index (κ1) is 27.3. The Morgan fingerprint density at radius 2 is 0.897 bits per heavy atom. The number of carboxylic acid groups (broad SMARTS) is 1. The van der Waals surface area contributed by atoms with Crippen LogP contribution >= 0.6 is 0 Å². The van der Waals surface area contributed by atoms with Gasteiger partial charge in [0.1, 0.15) is 0 Å². The van der Waals surface area contributed by atoms with Crippen LogP contribution in [-0.2, 0) is 19.0 Å². The van der Waals surface area contributed by atoms with Crippen LogP contribution < -0.4 is 0 Å². The van der Waals surface area contributed by atoms with Crippen molar-refractivity contribution in [2.75, 3.05) is 6.61 Å². The SMILES string of the molecule is O=C(O)COC(F)(F)C(F)(F)OC(F)(F)C(F)(F)OC(F)(F)C(F)(F)C(F)(F)F. The van der Waals surface area contributed by atoms with E-state index in [2.05, 4.69) is 4.74 Å². The second-order valence-electron chi connectivity index (χ2n) is 4.54. The summed E-state index contributed by atoms with van der Waals surface area (Å²) in [5.74, 6) is -10.0. The lowest BCUT2D eigenvalue weighted by molar-refractivity contribution is -0.560. The van der Waals surface area contributed by atoms with Crippen molar-refractivity contribution in [3.8, 4) is 0 Å². The summed E-state index contributed by atoms with van der Waals surface area (Å²) in [6.07, 6.45) is -43.3. The first-order valence-corrected chi connectivity index (χ1v) is 5.93. The van der Waals surface area contributed by atoms with Crippen molar-refractivity contribution in [3.05, 3.63) is 0 Å². The molecule has 0 aliphatic heterocycles. The fourth-order valence-electron chi connectivity index (χ4n) is 0.966. The molecule has 0 spiro atoms. The van der Waals surface area contributed by atoms with E-state index in [1.165, 1.54) is 4.74 Å². The molecule has 20 heteroatoms. The van der Waals surface area contributed by atoms with Gasteiger partial charge in [-0.2, -0.15) is 65.9 Å². The van der Waals surface area contributed by atoms with Gasteiger partial charge in [0, 0.05) is 0 Å². The van der Waals surface area contributed by atoms with Gasteiger partial charge < -0.3 is 9.84 Å². The number of carbonyl (C=O) groups is 1. The molecule has 174 valence electrons. The van der Waals surface area contributed by atoms with Gasteiger partial charge in [-0.1, -0.05) is 0 Å². The molecule has 0 radical (unpaired) electrons. The van der Waals surface area contributed by atoms with Gasteiger partial charge in [-0.25, -0.2) is 14.3 Å². The van der Waals surface area contributed by atoms with E-state index in [4.69, 9.17) is 5.11 Å². The van der Waals surface area contributed by atoms with E-state index in [1.807, 2.05) is 0 Å². The van der Waals surface area contributed by atoms with Gasteiger partial charge in [0.05, 0.1) is 0 Å². The zero-order valence-corrected chi connectivity index (χ0v) is 12.5. The quantitative estimate of drug-likeness (QED) is 0.477. The molecule has 0 unspecified atom stereocenters. The number of hydrogen-bond donors (Lipinski definition) is 1. The van der Waals surface area contributed by atoms with Crippen molar-refractivity contribution < 1.29 is 90.0 Å². The predicted molar refractivity (Wildman–Crippen MR) is 51.5 cm³/mol. The van der Waals surface area contributed by atoms with Crippen molar-refractivity contribution in [2.24, 2.45) is 0 Å². The molecule has 0 fully saturated rings. The average Bonchev–Trinajstić information content (AvgIpc) is 2.41. The maximum absolute atomic E-state index is 12.9. The zero-order valence-electron chi connectivity index (χ0n) is 12.5. The summed E-state index contributed by atoms with van der Waals surface area (Å²) in [6, 6.07) is 0. The van der Waals surface area contributed by atoms with Crippen LogP contribution in [0.15, 0.2) is 0 Å². The third kappa shape index (κ3) is 5.68. The smallest absolute Gasteiger partial charge is 0.462 e. The molecule has 0 aliphatic rings. The first-order chi connectivity index (χ1) is 12.3. The van der Waals surface area contributed by atoms with Gasteiger partial charge in [-0.15, -0.1) is 0 Å². The number of alkyl halides is 15. The molecule has 0 rings (SSSR count). The molecule has 0 aliphatic carbocycles. The minimum atomic E-state index is -7.59. The number of rotatable bonds is 10. The first-order valence-electron chi connectivity index (χ1n) is 5.93. The van der Waals surface area contributed by atoms with Gasteiger partial charge in [-0.3, -0.25) is 0 Å². The number of ether oxygens (including phenoxy) is 3. The third-order valence-corrected chi connectivity index (χ3v) is 2.29. The van der Waals surface area contributed by atoms with Crippen LogP contribution in [0.1, 0.15) is 0 Å². The molecule has 0 saturated heterocycles. The van der Waals surface area contributed by atoms with Crippen LogP contribution in [0.2, 0.25) is 0 Å². The average molecular weight is 476 g/mol. The molecule has 0 aromatic heterocycles. The summed E-state index contributed by atoms with van der Waals surface area (Å²) in [7, 11) is 0. The molecule has 0 bridgehead atoms. The standard InChI is InChI=1S/C9H3F15O5/c10-3(11,4(12,13)14)5(15,16)28-8(21,22)9(23,24)29-7(19,20)6(17,18)27-1-2(25)26/h1H2,(H,25,26). The fraction of sp³-hybridized carbons (Fsp3) is 0.889. The van der Waals surface area contributed by atoms with Gasteiger partial charge >= 0.3 is 48.6 Å². The number of carboxylic acids is 1. The van der Waals surface area contributed by atoms with Crippen LogP contribution in [0.4, 0.5) is 65.9 Å².